The van der Waals surface area contributed by atoms with Crippen molar-refractivity contribution in [3.05, 3.63) is 0 Å². The Balaban J connectivity index is 2.20. The molecule has 1 aliphatic rings. The monoisotopic (exact) mass is 224 g/mol. The quantitative estimate of drug-likeness (QED) is 0.495. The summed E-state index contributed by atoms with van der Waals surface area (Å²) in [6.07, 6.45) is 0.971. The molecule has 1 unspecified atom stereocenters. The average molecular weight is 224 g/mol. The van der Waals surface area contributed by atoms with Gasteiger partial charge in [-0.1, -0.05) is 0 Å². The zero-order valence-corrected chi connectivity index (χ0v) is 8.88. The predicted molar refractivity (Wildman–Crippen MR) is 51.0 cm³/mol. The highest BCUT2D eigenvalue weighted by Crippen LogP contribution is 2.19. The van der Waals surface area contributed by atoms with Crippen LogP contribution in [0.25, 0.3) is 0 Å². The van der Waals surface area contributed by atoms with E-state index in [4.69, 9.17) is 0 Å². The van der Waals surface area contributed by atoms with E-state index in [-0.39, 0.29) is 19.2 Å². The third kappa shape index (κ3) is 4.87. The number of hydrogen-bond acceptors (Lipinski definition) is 4. The first-order valence-corrected chi connectivity index (χ1v) is 5.96. The van der Waals surface area contributed by atoms with E-state index < -0.39 is 16.3 Å². The molecule has 0 spiro atoms. The van der Waals surface area contributed by atoms with Crippen molar-refractivity contribution < 1.29 is 18.3 Å². The third-order valence-corrected chi connectivity index (χ3v) is 2.96. The van der Waals surface area contributed by atoms with Gasteiger partial charge in [0.05, 0.1) is 12.7 Å². The molecule has 0 amide bonds. The van der Waals surface area contributed by atoms with E-state index in [2.05, 4.69) is 14.2 Å². The Morgan fingerprint density at radius 3 is 2.71 bits per heavy atom. The van der Waals surface area contributed by atoms with Crippen molar-refractivity contribution in [2.75, 3.05) is 20.3 Å². The van der Waals surface area contributed by atoms with Gasteiger partial charge in [0.1, 0.15) is 0 Å². The van der Waals surface area contributed by atoms with Gasteiger partial charge in [-0.3, -0.25) is 0 Å². The number of aliphatic hydroxyl groups is 1. The van der Waals surface area contributed by atoms with Crippen molar-refractivity contribution >= 4 is 10.2 Å². The maximum absolute atomic E-state index is 11.2. The molecule has 0 heterocycles. The minimum Gasteiger partial charge on any atom is -0.389 e. The lowest BCUT2D eigenvalue weighted by molar-refractivity contribution is 0.0678. The maximum atomic E-state index is 11.2. The van der Waals surface area contributed by atoms with Crippen LogP contribution in [0.2, 0.25) is 0 Å². The molecule has 6 nitrogen and oxygen atoms in total. The average Bonchev–Trinajstić information content (AvgIpc) is 2.85. The van der Waals surface area contributed by atoms with Crippen molar-refractivity contribution in [1.29, 1.82) is 0 Å². The largest absolute Gasteiger partial charge is 0.389 e. The first-order valence-electron chi connectivity index (χ1n) is 4.47. The molecule has 0 radical (unpaired) electrons. The SMILES string of the molecule is COCC(O)CNS(=O)(=O)NC1CC1. The Kier molecular flexibility index (Phi) is 4.27. The molecule has 84 valence electrons. The van der Waals surface area contributed by atoms with Gasteiger partial charge in [-0.05, 0) is 12.8 Å². The van der Waals surface area contributed by atoms with E-state index in [9.17, 15) is 13.5 Å². The standard InChI is InChI=1S/C7H16N2O4S/c1-13-5-7(10)4-8-14(11,12)9-6-2-3-6/h6-10H,2-5H2,1H3. The van der Waals surface area contributed by atoms with Gasteiger partial charge in [-0.2, -0.15) is 17.9 Å². The summed E-state index contributed by atoms with van der Waals surface area (Å²) in [6.45, 7) is 0.0852. The maximum Gasteiger partial charge on any atom is 0.277 e. The smallest absolute Gasteiger partial charge is 0.277 e. The molecule has 0 saturated heterocycles. The molecular weight excluding hydrogens is 208 g/mol. The van der Waals surface area contributed by atoms with Crippen LogP contribution >= 0.6 is 0 Å². The van der Waals surface area contributed by atoms with Crippen LogP contribution in [-0.4, -0.2) is 45.9 Å². The van der Waals surface area contributed by atoms with Crippen LogP contribution in [0.5, 0.6) is 0 Å². The summed E-state index contributed by atoms with van der Waals surface area (Å²) < 4.78 is 31.8. The lowest BCUT2D eigenvalue weighted by Crippen LogP contribution is -2.42. The van der Waals surface area contributed by atoms with Crippen molar-refractivity contribution in [3.8, 4) is 0 Å². The van der Waals surface area contributed by atoms with Crippen LogP contribution in [0.3, 0.4) is 0 Å². The number of ether oxygens (including phenoxy) is 1. The van der Waals surface area contributed by atoms with Gasteiger partial charge in [0, 0.05) is 19.7 Å². The Labute approximate surface area is 83.8 Å². The summed E-state index contributed by atoms with van der Waals surface area (Å²) in [4.78, 5) is 0. The highest BCUT2D eigenvalue weighted by Gasteiger charge is 2.26. The van der Waals surface area contributed by atoms with Crippen LogP contribution in [-0.2, 0) is 14.9 Å². The molecule has 1 rings (SSSR count). The molecule has 0 aliphatic heterocycles. The lowest BCUT2D eigenvalue weighted by atomic mass is 10.4. The fraction of sp³-hybridized carbons (Fsp3) is 1.00. The summed E-state index contributed by atoms with van der Waals surface area (Å²) in [5, 5.41) is 9.18. The molecule has 0 aromatic carbocycles. The van der Waals surface area contributed by atoms with Crippen LogP contribution in [0.1, 0.15) is 12.8 Å². The highest BCUT2D eigenvalue weighted by atomic mass is 32.2. The number of hydrogen-bond donors (Lipinski definition) is 3. The van der Waals surface area contributed by atoms with Gasteiger partial charge >= 0.3 is 0 Å². The van der Waals surface area contributed by atoms with Crippen molar-refractivity contribution in [2.45, 2.75) is 25.0 Å². The number of rotatable bonds is 7. The second-order valence-corrected chi connectivity index (χ2v) is 4.88. The number of methoxy groups -OCH3 is 1. The molecule has 0 aromatic heterocycles. The van der Waals surface area contributed by atoms with Gasteiger partial charge in [-0.25, -0.2) is 0 Å². The molecule has 14 heavy (non-hydrogen) atoms. The minimum atomic E-state index is -3.45. The molecular formula is C7H16N2O4S. The molecule has 7 heteroatoms. The van der Waals surface area contributed by atoms with Crippen molar-refractivity contribution in [2.24, 2.45) is 0 Å². The van der Waals surface area contributed by atoms with Gasteiger partial charge in [0.15, 0.2) is 0 Å². The fourth-order valence-electron chi connectivity index (χ4n) is 0.919. The summed E-state index contributed by atoms with van der Waals surface area (Å²) in [5.41, 5.74) is 0. The van der Waals surface area contributed by atoms with Crippen LogP contribution in [0.15, 0.2) is 0 Å². The fourth-order valence-corrected chi connectivity index (χ4v) is 2.09. The second kappa shape index (κ2) is 5.04. The zero-order chi connectivity index (χ0) is 10.6. The minimum absolute atomic E-state index is 0.0319. The van der Waals surface area contributed by atoms with Gasteiger partial charge in [0.25, 0.3) is 10.2 Å². The molecule has 3 N–H and O–H groups in total. The van der Waals surface area contributed by atoms with E-state index >= 15 is 0 Å². The normalized spacial score (nSPS) is 19.6. The van der Waals surface area contributed by atoms with Crippen molar-refractivity contribution in [3.63, 3.8) is 0 Å². The van der Waals surface area contributed by atoms with E-state index in [0.29, 0.717) is 0 Å². The van der Waals surface area contributed by atoms with Gasteiger partial charge in [0.2, 0.25) is 0 Å². The zero-order valence-electron chi connectivity index (χ0n) is 8.06. The van der Waals surface area contributed by atoms with Crippen LogP contribution < -0.4 is 9.44 Å². The Bertz CT molecular complexity index is 263. The van der Waals surface area contributed by atoms with Crippen LogP contribution in [0, 0.1) is 0 Å². The van der Waals surface area contributed by atoms with E-state index in [1.54, 1.807) is 0 Å². The summed E-state index contributed by atoms with van der Waals surface area (Å²) in [5.74, 6) is 0. The van der Waals surface area contributed by atoms with E-state index in [0.717, 1.165) is 12.8 Å². The molecule has 0 aromatic rings. The van der Waals surface area contributed by atoms with Gasteiger partial charge < -0.3 is 9.84 Å². The Morgan fingerprint density at radius 1 is 1.57 bits per heavy atom. The topological polar surface area (TPSA) is 87.7 Å². The molecule has 1 aliphatic carbocycles. The number of aliphatic hydroxyl groups excluding tert-OH is 1. The van der Waals surface area contributed by atoms with E-state index in [1.165, 1.54) is 7.11 Å². The third-order valence-electron chi connectivity index (χ3n) is 1.77. The Morgan fingerprint density at radius 2 is 2.21 bits per heavy atom. The molecule has 1 saturated carbocycles. The molecule has 1 fully saturated rings. The van der Waals surface area contributed by atoms with E-state index in [1.807, 2.05) is 0 Å². The summed E-state index contributed by atoms with van der Waals surface area (Å²) in [6, 6.07) is 0.0760. The number of nitrogens with one attached hydrogen (secondary N) is 2. The highest BCUT2D eigenvalue weighted by molar-refractivity contribution is 7.87. The van der Waals surface area contributed by atoms with Crippen LogP contribution in [0.4, 0.5) is 0 Å². The van der Waals surface area contributed by atoms with Crippen molar-refractivity contribution in [1.82, 2.24) is 9.44 Å². The summed E-state index contributed by atoms with van der Waals surface area (Å²) in [7, 11) is -2.00. The second-order valence-electron chi connectivity index (χ2n) is 3.35. The predicted octanol–water partition coefficient (Wildman–Crippen LogP) is -1.42. The lowest BCUT2D eigenvalue weighted by Gasteiger charge is -2.11. The van der Waals surface area contributed by atoms with Gasteiger partial charge in [-0.15, -0.1) is 0 Å². The first kappa shape index (κ1) is 11.9. The Hall–Kier alpha value is -0.210. The molecule has 1 atom stereocenters. The summed E-state index contributed by atoms with van der Waals surface area (Å²) >= 11 is 0. The molecule has 0 bridgehead atoms. The first-order chi connectivity index (χ1) is 6.53.